The highest BCUT2D eigenvalue weighted by Gasteiger charge is 2.28. The number of ether oxygens (including phenoxy) is 1. The molecule has 2 heterocycles. The fourth-order valence-electron chi connectivity index (χ4n) is 3.39. The minimum absolute atomic E-state index is 0.175. The maximum atomic E-state index is 12.5. The van der Waals surface area contributed by atoms with Gasteiger partial charge in [0.2, 0.25) is 0 Å². The number of carbonyl (C=O) groups is 2. The molecule has 1 aromatic heterocycles. The molecule has 1 fully saturated rings. The van der Waals surface area contributed by atoms with Gasteiger partial charge in [-0.3, -0.25) is 4.79 Å². The van der Waals surface area contributed by atoms with Gasteiger partial charge in [-0.05, 0) is 36.8 Å². The van der Waals surface area contributed by atoms with Gasteiger partial charge in [0.1, 0.15) is 10.8 Å². The highest BCUT2D eigenvalue weighted by atomic mass is 32.1. The summed E-state index contributed by atoms with van der Waals surface area (Å²) in [5.74, 6) is -0.444. The van der Waals surface area contributed by atoms with E-state index in [-0.39, 0.29) is 11.7 Å². The Bertz CT molecular complexity index is 997. The van der Waals surface area contributed by atoms with E-state index < -0.39 is 5.97 Å². The van der Waals surface area contributed by atoms with Crippen LogP contribution in [0.5, 0.6) is 5.75 Å². The maximum absolute atomic E-state index is 12.5. The molecule has 10 heteroatoms. The molecule has 2 aromatic rings. The van der Waals surface area contributed by atoms with Crippen molar-refractivity contribution in [2.45, 2.75) is 6.92 Å². The summed E-state index contributed by atoms with van der Waals surface area (Å²) >= 11 is 6.80. The Hall–Kier alpha value is -2.85. The number of benzene rings is 1. The first kappa shape index (κ1) is 22.8. The molecule has 0 radical (unpaired) electrons. The minimum Gasteiger partial charge on any atom is -0.508 e. The largest absolute Gasteiger partial charge is 0.508 e. The van der Waals surface area contributed by atoms with Gasteiger partial charge in [0.25, 0.3) is 5.91 Å². The first-order chi connectivity index (χ1) is 14.7. The molecule has 31 heavy (non-hydrogen) atoms. The summed E-state index contributed by atoms with van der Waals surface area (Å²) in [6.45, 7) is 4.58. The summed E-state index contributed by atoms with van der Waals surface area (Å²) in [7, 11) is 4.65. The van der Waals surface area contributed by atoms with E-state index in [1.165, 1.54) is 23.3 Å². The third kappa shape index (κ3) is 4.91. The Morgan fingerprint density at radius 1 is 1.23 bits per heavy atom. The molecule has 1 aliphatic rings. The zero-order valence-corrected chi connectivity index (χ0v) is 19.6. The molecule has 1 aliphatic heterocycles. The first-order valence-electron chi connectivity index (χ1n) is 9.76. The molecule has 1 saturated heterocycles. The van der Waals surface area contributed by atoms with E-state index in [1.54, 1.807) is 33.2 Å². The van der Waals surface area contributed by atoms with Crippen LogP contribution < -0.4 is 10.2 Å². The predicted octanol–water partition coefficient (Wildman–Crippen LogP) is 2.77. The van der Waals surface area contributed by atoms with Crippen molar-refractivity contribution in [3.8, 4) is 5.75 Å². The van der Waals surface area contributed by atoms with Gasteiger partial charge >= 0.3 is 5.97 Å². The number of phenolic OH excluding ortho intramolecular Hbond substituents is 1. The topological polar surface area (TPSA) is 85.4 Å². The van der Waals surface area contributed by atoms with Gasteiger partial charge in [0.05, 0.1) is 17.6 Å². The molecule has 8 nitrogen and oxygen atoms in total. The predicted molar refractivity (Wildman–Crippen MR) is 127 cm³/mol. The number of thiophene rings is 1. The van der Waals surface area contributed by atoms with Crippen LogP contribution in [0.3, 0.4) is 0 Å². The third-order valence-corrected chi connectivity index (χ3v) is 6.67. The Labute approximate surface area is 191 Å². The number of hydrogen-bond acceptors (Lipinski definition) is 7. The Morgan fingerprint density at radius 2 is 1.90 bits per heavy atom. The molecule has 0 atom stereocenters. The fraction of sp³-hybridized carbons (Fsp3) is 0.381. The van der Waals surface area contributed by atoms with E-state index in [0.29, 0.717) is 39.2 Å². The standard InChI is InChI=1S/C21H26N4O4S2/c1-13-16(20(28)29-4)18(31-17(13)19(27)23(2)3)22-21(30)25-10-8-24(9-11-25)14-6-5-7-15(26)12-14/h5-7,12,26H,8-11H2,1-4H3,(H,22,30). The number of phenols is 1. The van der Waals surface area contributed by atoms with Crippen LogP contribution in [-0.4, -0.2) is 79.3 Å². The lowest BCUT2D eigenvalue weighted by molar-refractivity contribution is 0.0601. The molecule has 166 valence electrons. The number of nitrogens with zero attached hydrogens (tertiary/aromatic N) is 3. The summed E-state index contributed by atoms with van der Waals surface area (Å²) in [5.41, 5.74) is 1.88. The first-order valence-corrected chi connectivity index (χ1v) is 11.0. The molecule has 0 aliphatic carbocycles. The van der Waals surface area contributed by atoms with Gasteiger partial charge in [-0.1, -0.05) is 6.07 Å². The maximum Gasteiger partial charge on any atom is 0.341 e. The van der Waals surface area contributed by atoms with Crippen LogP contribution in [0.15, 0.2) is 24.3 Å². The van der Waals surface area contributed by atoms with Crippen molar-refractivity contribution in [1.29, 1.82) is 0 Å². The highest BCUT2D eigenvalue weighted by molar-refractivity contribution is 7.80. The Kier molecular flexibility index (Phi) is 7.01. The Morgan fingerprint density at radius 3 is 2.48 bits per heavy atom. The SMILES string of the molecule is COC(=O)c1c(NC(=S)N2CCN(c3cccc(O)c3)CC2)sc(C(=O)N(C)C)c1C. The van der Waals surface area contributed by atoms with E-state index in [0.717, 1.165) is 18.8 Å². The van der Waals surface area contributed by atoms with Crippen molar-refractivity contribution in [3.05, 3.63) is 40.3 Å². The van der Waals surface area contributed by atoms with Gasteiger partial charge in [-0.15, -0.1) is 11.3 Å². The number of nitrogens with one attached hydrogen (secondary N) is 1. The summed E-state index contributed by atoms with van der Waals surface area (Å²) in [4.78, 5) is 31.1. The smallest absolute Gasteiger partial charge is 0.341 e. The third-order valence-electron chi connectivity index (χ3n) is 5.12. The average molecular weight is 463 g/mol. The number of methoxy groups -OCH3 is 1. The number of carbonyl (C=O) groups excluding carboxylic acids is 2. The number of piperazine rings is 1. The normalized spacial score (nSPS) is 13.7. The molecule has 0 bridgehead atoms. The highest BCUT2D eigenvalue weighted by Crippen LogP contribution is 2.34. The van der Waals surface area contributed by atoms with E-state index in [4.69, 9.17) is 17.0 Å². The van der Waals surface area contributed by atoms with Crippen LogP contribution in [0, 0.1) is 6.92 Å². The lowest BCUT2D eigenvalue weighted by Crippen LogP contribution is -2.50. The number of thiocarbonyl (C=S) groups is 1. The van der Waals surface area contributed by atoms with Crippen molar-refractivity contribution < 1.29 is 19.4 Å². The molecule has 0 saturated carbocycles. The van der Waals surface area contributed by atoms with E-state index in [2.05, 4.69) is 10.2 Å². The molecule has 2 N–H and O–H groups in total. The number of esters is 1. The number of hydrogen-bond donors (Lipinski definition) is 2. The second kappa shape index (κ2) is 9.52. The van der Waals surface area contributed by atoms with Crippen LogP contribution >= 0.6 is 23.6 Å². The average Bonchev–Trinajstić information content (AvgIpc) is 3.08. The minimum atomic E-state index is -0.509. The number of aromatic hydroxyl groups is 1. The lowest BCUT2D eigenvalue weighted by atomic mass is 10.1. The van der Waals surface area contributed by atoms with Gasteiger partial charge in [0.15, 0.2) is 5.11 Å². The van der Waals surface area contributed by atoms with Gasteiger partial charge in [-0.2, -0.15) is 0 Å². The molecule has 0 unspecified atom stereocenters. The molecule has 3 rings (SSSR count). The van der Waals surface area contributed by atoms with E-state index in [1.807, 2.05) is 17.0 Å². The summed E-state index contributed by atoms with van der Waals surface area (Å²) in [6.07, 6.45) is 0. The molecular weight excluding hydrogens is 436 g/mol. The summed E-state index contributed by atoms with van der Waals surface area (Å²) in [5, 5.41) is 13.9. The van der Waals surface area contributed by atoms with Gasteiger partial charge in [-0.25, -0.2) is 4.79 Å². The number of amides is 1. The van der Waals surface area contributed by atoms with Gasteiger partial charge in [0, 0.05) is 52.0 Å². The lowest BCUT2D eigenvalue weighted by Gasteiger charge is -2.37. The van der Waals surface area contributed by atoms with Crippen LogP contribution in [0.4, 0.5) is 10.7 Å². The number of rotatable bonds is 4. The van der Waals surface area contributed by atoms with Crippen molar-refractivity contribution in [1.82, 2.24) is 9.80 Å². The fourth-order valence-corrected chi connectivity index (χ4v) is 4.95. The monoisotopic (exact) mass is 462 g/mol. The van der Waals surface area contributed by atoms with Crippen molar-refractivity contribution in [2.24, 2.45) is 0 Å². The second-order valence-corrected chi connectivity index (χ2v) is 8.78. The van der Waals surface area contributed by atoms with E-state index in [9.17, 15) is 14.7 Å². The van der Waals surface area contributed by atoms with Crippen molar-refractivity contribution in [2.75, 3.05) is 57.6 Å². The van der Waals surface area contributed by atoms with Crippen LogP contribution in [0.2, 0.25) is 0 Å². The van der Waals surface area contributed by atoms with Crippen molar-refractivity contribution in [3.63, 3.8) is 0 Å². The van der Waals surface area contributed by atoms with Crippen LogP contribution in [0.25, 0.3) is 0 Å². The zero-order chi connectivity index (χ0) is 22.7. The van der Waals surface area contributed by atoms with Crippen molar-refractivity contribution >= 4 is 51.2 Å². The molecular formula is C21H26N4O4S2. The van der Waals surface area contributed by atoms with Crippen LogP contribution in [-0.2, 0) is 4.74 Å². The second-order valence-electron chi connectivity index (χ2n) is 7.38. The van der Waals surface area contributed by atoms with Crippen LogP contribution in [0.1, 0.15) is 25.6 Å². The van der Waals surface area contributed by atoms with Gasteiger partial charge < -0.3 is 29.9 Å². The number of anilines is 2. The van der Waals surface area contributed by atoms with E-state index >= 15 is 0 Å². The Balaban J connectivity index is 1.74. The summed E-state index contributed by atoms with van der Waals surface area (Å²) in [6, 6.07) is 7.18. The molecule has 0 spiro atoms. The molecule has 1 aromatic carbocycles. The zero-order valence-electron chi connectivity index (χ0n) is 18.0. The quantitative estimate of drug-likeness (QED) is 0.530. The summed E-state index contributed by atoms with van der Waals surface area (Å²) < 4.78 is 4.93. The molecule has 1 amide bonds.